The molecule has 4 rings (SSSR count). The SMILES string of the molecule is CCOc1ccc(CN2C(=O)c3ccccc3CC2(C)C(=O)NCc2ccccc2C)cc1. The Labute approximate surface area is 195 Å². The molecule has 0 aliphatic carbocycles. The number of carbonyl (C=O) groups excluding carboxylic acids is 2. The van der Waals surface area contributed by atoms with Crippen molar-refractivity contribution in [3.8, 4) is 5.75 Å². The highest BCUT2D eigenvalue weighted by molar-refractivity contribution is 6.02. The molecule has 1 heterocycles. The first kappa shape index (κ1) is 22.6. The Bertz CT molecular complexity index is 1160. The smallest absolute Gasteiger partial charge is 0.255 e. The fraction of sp³-hybridized carbons (Fsp3) is 0.286. The second kappa shape index (κ2) is 9.49. The van der Waals surface area contributed by atoms with Gasteiger partial charge in [-0.3, -0.25) is 9.59 Å². The summed E-state index contributed by atoms with van der Waals surface area (Å²) < 4.78 is 5.54. The highest BCUT2D eigenvalue weighted by Gasteiger charge is 2.46. The minimum Gasteiger partial charge on any atom is -0.494 e. The predicted octanol–water partition coefficient (Wildman–Crippen LogP) is 4.67. The van der Waals surface area contributed by atoms with Crippen LogP contribution >= 0.6 is 0 Å². The molecule has 0 aromatic heterocycles. The van der Waals surface area contributed by atoms with Crippen LogP contribution in [0.5, 0.6) is 5.75 Å². The molecular weight excluding hydrogens is 412 g/mol. The van der Waals surface area contributed by atoms with Crippen molar-refractivity contribution in [3.05, 3.63) is 101 Å². The van der Waals surface area contributed by atoms with Crippen LogP contribution in [0.2, 0.25) is 0 Å². The molecule has 0 spiro atoms. The topological polar surface area (TPSA) is 58.6 Å². The average molecular weight is 443 g/mol. The standard InChI is InChI=1S/C28H30N2O3/c1-4-33-24-15-13-21(14-16-24)19-30-26(31)25-12-8-7-10-22(25)17-28(30,3)27(32)29-18-23-11-6-5-9-20(23)2/h5-16H,4,17-19H2,1-3H3,(H,29,32). The lowest BCUT2D eigenvalue weighted by molar-refractivity contribution is -0.132. The first-order valence-electron chi connectivity index (χ1n) is 11.4. The van der Waals surface area contributed by atoms with Crippen LogP contribution < -0.4 is 10.1 Å². The molecule has 1 unspecified atom stereocenters. The maximum absolute atomic E-state index is 13.6. The van der Waals surface area contributed by atoms with Crippen molar-refractivity contribution in [2.24, 2.45) is 0 Å². The van der Waals surface area contributed by atoms with E-state index < -0.39 is 5.54 Å². The van der Waals surface area contributed by atoms with Gasteiger partial charge in [-0.15, -0.1) is 0 Å². The van der Waals surface area contributed by atoms with Crippen LogP contribution in [0.3, 0.4) is 0 Å². The molecule has 0 saturated heterocycles. The van der Waals surface area contributed by atoms with Crippen molar-refractivity contribution < 1.29 is 14.3 Å². The number of hydrogen-bond donors (Lipinski definition) is 1. The van der Waals surface area contributed by atoms with Crippen LogP contribution in [0, 0.1) is 6.92 Å². The van der Waals surface area contributed by atoms with Crippen LogP contribution in [0.15, 0.2) is 72.8 Å². The summed E-state index contributed by atoms with van der Waals surface area (Å²) in [5, 5.41) is 3.09. The van der Waals surface area contributed by atoms with Gasteiger partial charge in [-0.05, 0) is 61.2 Å². The fourth-order valence-corrected chi connectivity index (χ4v) is 4.38. The number of rotatable bonds is 7. The van der Waals surface area contributed by atoms with Crippen LogP contribution in [0.25, 0.3) is 0 Å². The van der Waals surface area contributed by atoms with Gasteiger partial charge in [0.05, 0.1) is 6.61 Å². The zero-order chi connectivity index (χ0) is 23.4. The Kier molecular flexibility index (Phi) is 6.50. The fourth-order valence-electron chi connectivity index (χ4n) is 4.38. The molecule has 5 nitrogen and oxygen atoms in total. The van der Waals surface area contributed by atoms with Crippen LogP contribution in [0.4, 0.5) is 0 Å². The number of amides is 2. The number of benzene rings is 3. The molecular formula is C28H30N2O3. The minimum atomic E-state index is -1.01. The molecule has 170 valence electrons. The Morgan fingerprint density at radius 3 is 2.45 bits per heavy atom. The molecule has 1 atom stereocenters. The number of fused-ring (bicyclic) bond motifs is 1. The van der Waals surface area contributed by atoms with E-state index in [2.05, 4.69) is 5.32 Å². The Balaban J connectivity index is 1.62. The maximum atomic E-state index is 13.6. The van der Waals surface area contributed by atoms with E-state index in [1.807, 2.05) is 93.6 Å². The summed E-state index contributed by atoms with van der Waals surface area (Å²) in [4.78, 5) is 28.8. The van der Waals surface area contributed by atoms with Gasteiger partial charge in [-0.1, -0.05) is 54.6 Å². The third-order valence-corrected chi connectivity index (χ3v) is 6.39. The minimum absolute atomic E-state index is 0.126. The Morgan fingerprint density at radius 2 is 1.73 bits per heavy atom. The number of hydrogen-bond acceptors (Lipinski definition) is 3. The van der Waals surface area contributed by atoms with Gasteiger partial charge in [0.15, 0.2) is 0 Å². The molecule has 33 heavy (non-hydrogen) atoms. The highest BCUT2D eigenvalue weighted by atomic mass is 16.5. The van der Waals surface area contributed by atoms with E-state index in [0.717, 1.165) is 28.0 Å². The molecule has 5 heteroatoms. The van der Waals surface area contributed by atoms with Crippen LogP contribution in [-0.2, 0) is 24.3 Å². The van der Waals surface area contributed by atoms with Crippen molar-refractivity contribution in [3.63, 3.8) is 0 Å². The number of aryl methyl sites for hydroxylation is 1. The van der Waals surface area contributed by atoms with Gasteiger partial charge in [0.2, 0.25) is 5.91 Å². The molecule has 3 aromatic carbocycles. The molecule has 1 N–H and O–H groups in total. The van der Waals surface area contributed by atoms with Gasteiger partial charge in [-0.2, -0.15) is 0 Å². The molecule has 0 bridgehead atoms. The number of carbonyl (C=O) groups is 2. The number of ether oxygens (including phenoxy) is 1. The quantitative estimate of drug-likeness (QED) is 0.579. The van der Waals surface area contributed by atoms with Gasteiger partial charge in [0, 0.05) is 25.1 Å². The van der Waals surface area contributed by atoms with Gasteiger partial charge < -0.3 is 15.0 Å². The van der Waals surface area contributed by atoms with Gasteiger partial charge >= 0.3 is 0 Å². The highest BCUT2D eigenvalue weighted by Crippen LogP contribution is 2.33. The predicted molar refractivity (Wildman–Crippen MR) is 129 cm³/mol. The third kappa shape index (κ3) is 4.63. The molecule has 3 aromatic rings. The van der Waals surface area contributed by atoms with E-state index in [1.165, 1.54) is 0 Å². The first-order valence-corrected chi connectivity index (χ1v) is 11.4. The maximum Gasteiger partial charge on any atom is 0.255 e. The lowest BCUT2D eigenvalue weighted by Crippen LogP contribution is -2.62. The first-order chi connectivity index (χ1) is 15.9. The van der Waals surface area contributed by atoms with E-state index in [0.29, 0.717) is 31.7 Å². The zero-order valence-corrected chi connectivity index (χ0v) is 19.4. The summed E-state index contributed by atoms with van der Waals surface area (Å²) in [6, 6.07) is 23.3. The molecule has 2 amide bonds. The van der Waals surface area contributed by atoms with Crippen molar-refractivity contribution in [2.45, 2.75) is 45.8 Å². The van der Waals surface area contributed by atoms with Crippen molar-refractivity contribution >= 4 is 11.8 Å². The zero-order valence-electron chi connectivity index (χ0n) is 19.4. The van der Waals surface area contributed by atoms with Crippen molar-refractivity contribution in [1.82, 2.24) is 10.2 Å². The summed E-state index contributed by atoms with van der Waals surface area (Å²) in [6.45, 7) is 7.20. The second-order valence-corrected chi connectivity index (χ2v) is 8.69. The molecule has 0 radical (unpaired) electrons. The van der Waals surface area contributed by atoms with E-state index in [1.54, 1.807) is 4.90 Å². The van der Waals surface area contributed by atoms with Crippen molar-refractivity contribution in [1.29, 1.82) is 0 Å². The summed E-state index contributed by atoms with van der Waals surface area (Å²) >= 11 is 0. The lowest BCUT2D eigenvalue weighted by Gasteiger charge is -2.44. The Hall–Kier alpha value is -3.60. The molecule has 0 fully saturated rings. The average Bonchev–Trinajstić information content (AvgIpc) is 2.82. The number of nitrogens with zero attached hydrogens (tertiary/aromatic N) is 1. The normalized spacial score (nSPS) is 17.4. The summed E-state index contributed by atoms with van der Waals surface area (Å²) in [5.74, 6) is 0.508. The van der Waals surface area contributed by atoms with Crippen molar-refractivity contribution in [2.75, 3.05) is 6.61 Å². The van der Waals surface area contributed by atoms with Gasteiger partial charge in [0.25, 0.3) is 5.91 Å². The van der Waals surface area contributed by atoms with E-state index >= 15 is 0 Å². The second-order valence-electron chi connectivity index (χ2n) is 8.69. The molecule has 1 aliphatic rings. The van der Waals surface area contributed by atoms with Crippen LogP contribution in [-0.4, -0.2) is 28.9 Å². The van der Waals surface area contributed by atoms with E-state index in [4.69, 9.17) is 4.74 Å². The third-order valence-electron chi connectivity index (χ3n) is 6.39. The summed E-state index contributed by atoms with van der Waals surface area (Å²) in [6.07, 6.45) is 0.464. The molecule has 1 aliphatic heterocycles. The van der Waals surface area contributed by atoms with E-state index in [9.17, 15) is 9.59 Å². The van der Waals surface area contributed by atoms with Gasteiger partial charge in [-0.25, -0.2) is 0 Å². The van der Waals surface area contributed by atoms with E-state index in [-0.39, 0.29) is 11.8 Å². The number of nitrogens with one attached hydrogen (secondary N) is 1. The summed E-state index contributed by atoms with van der Waals surface area (Å²) in [7, 11) is 0. The van der Waals surface area contributed by atoms with Gasteiger partial charge in [0.1, 0.15) is 11.3 Å². The largest absolute Gasteiger partial charge is 0.494 e. The monoisotopic (exact) mass is 442 g/mol. The summed E-state index contributed by atoms with van der Waals surface area (Å²) in [5.41, 5.74) is 3.69. The lowest BCUT2D eigenvalue weighted by atomic mass is 9.82. The Morgan fingerprint density at radius 1 is 1.03 bits per heavy atom. The molecule has 0 saturated carbocycles. The van der Waals surface area contributed by atoms with Crippen LogP contribution in [0.1, 0.15) is 46.5 Å².